The van der Waals surface area contributed by atoms with Gasteiger partial charge in [-0.3, -0.25) is 5.32 Å². The molecule has 0 aliphatic carbocycles. The summed E-state index contributed by atoms with van der Waals surface area (Å²) in [6.07, 6.45) is 3.57. The molecule has 1 fully saturated rings. The predicted molar refractivity (Wildman–Crippen MR) is 51.3 cm³/mol. The maximum Gasteiger partial charge on any atom is 0.122 e. The molecule has 74 valence electrons. The zero-order chi connectivity index (χ0) is 9.68. The molecule has 13 heavy (non-hydrogen) atoms. The normalized spacial score (nSPS) is 29.9. The van der Waals surface area contributed by atoms with Gasteiger partial charge in [-0.1, -0.05) is 6.92 Å². The lowest BCUT2D eigenvalue weighted by Gasteiger charge is -2.17. The summed E-state index contributed by atoms with van der Waals surface area (Å²) in [6, 6.07) is 2.14. The molecule has 3 atom stereocenters. The summed E-state index contributed by atoms with van der Waals surface area (Å²) in [5.41, 5.74) is 0. The van der Waals surface area contributed by atoms with Gasteiger partial charge in [-0.15, -0.1) is 0 Å². The number of hydrogen-bond donors (Lipinski definition) is 1. The van der Waals surface area contributed by atoms with Crippen LogP contribution in [0.2, 0.25) is 0 Å². The van der Waals surface area contributed by atoms with Crippen LogP contribution < -0.4 is 5.32 Å². The largest absolute Gasteiger partial charge is 0.373 e. The lowest BCUT2D eigenvalue weighted by Crippen LogP contribution is -2.39. The summed E-state index contributed by atoms with van der Waals surface area (Å²) in [5, 5.41) is 12.1. The van der Waals surface area contributed by atoms with Crippen molar-refractivity contribution in [2.75, 3.05) is 6.54 Å². The van der Waals surface area contributed by atoms with E-state index < -0.39 is 0 Å². The Bertz CT molecular complexity index is 188. The van der Waals surface area contributed by atoms with E-state index in [4.69, 9.17) is 10.00 Å². The van der Waals surface area contributed by atoms with E-state index in [1.165, 1.54) is 0 Å². The third-order valence-electron chi connectivity index (χ3n) is 2.39. The third kappa shape index (κ3) is 2.98. The lowest BCUT2D eigenvalue weighted by atomic mass is 10.1. The molecule has 3 unspecified atom stereocenters. The van der Waals surface area contributed by atoms with E-state index in [0.717, 1.165) is 25.8 Å². The summed E-state index contributed by atoms with van der Waals surface area (Å²) in [7, 11) is 0. The van der Waals surface area contributed by atoms with Gasteiger partial charge in [0.2, 0.25) is 0 Å². The maximum atomic E-state index is 8.91. The van der Waals surface area contributed by atoms with E-state index in [9.17, 15) is 0 Å². The SMILES string of the molecule is CCCNC(C#N)C1CCC(C)O1. The van der Waals surface area contributed by atoms with Crippen LogP contribution in [-0.2, 0) is 4.74 Å². The van der Waals surface area contributed by atoms with Gasteiger partial charge in [-0.05, 0) is 32.7 Å². The number of rotatable bonds is 4. The Morgan fingerprint density at radius 2 is 2.38 bits per heavy atom. The topological polar surface area (TPSA) is 45.0 Å². The smallest absolute Gasteiger partial charge is 0.122 e. The van der Waals surface area contributed by atoms with Crippen molar-refractivity contribution < 1.29 is 4.74 Å². The van der Waals surface area contributed by atoms with E-state index >= 15 is 0 Å². The van der Waals surface area contributed by atoms with Crippen LogP contribution in [-0.4, -0.2) is 24.8 Å². The Morgan fingerprint density at radius 1 is 1.62 bits per heavy atom. The van der Waals surface area contributed by atoms with Gasteiger partial charge in [-0.2, -0.15) is 5.26 Å². The first-order chi connectivity index (χ1) is 6.27. The van der Waals surface area contributed by atoms with E-state index in [2.05, 4.69) is 25.2 Å². The molecule has 1 saturated heterocycles. The van der Waals surface area contributed by atoms with Gasteiger partial charge in [0, 0.05) is 0 Å². The third-order valence-corrected chi connectivity index (χ3v) is 2.39. The molecule has 1 aliphatic rings. The van der Waals surface area contributed by atoms with Gasteiger partial charge in [0.1, 0.15) is 6.04 Å². The average Bonchev–Trinajstić information content (AvgIpc) is 2.54. The molecule has 3 nitrogen and oxygen atoms in total. The lowest BCUT2D eigenvalue weighted by molar-refractivity contribution is 0.0433. The highest BCUT2D eigenvalue weighted by Crippen LogP contribution is 2.21. The van der Waals surface area contributed by atoms with Crippen molar-refractivity contribution in [1.29, 1.82) is 5.26 Å². The van der Waals surface area contributed by atoms with Gasteiger partial charge >= 0.3 is 0 Å². The summed E-state index contributed by atoms with van der Waals surface area (Å²) < 4.78 is 5.63. The zero-order valence-corrected chi connectivity index (χ0v) is 8.42. The Hall–Kier alpha value is -0.590. The number of nitrogens with zero attached hydrogens (tertiary/aromatic N) is 1. The second-order valence-electron chi connectivity index (χ2n) is 3.62. The highest BCUT2D eigenvalue weighted by atomic mass is 16.5. The van der Waals surface area contributed by atoms with Crippen LogP contribution in [0.3, 0.4) is 0 Å². The van der Waals surface area contributed by atoms with E-state index in [1.54, 1.807) is 0 Å². The highest BCUT2D eigenvalue weighted by molar-refractivity contribution is 4.97. The molecule has 0 saturated carbocycles. The minimum absolute atomic E-state index is 0.103. The number of hydrogen-bond acceptors (Lipinski definition) is 3. The average molecular weight is 182 g/mol. The molecule has 0 aromatic rings. The quantitative estimate of drug-likeness (QED) is 0.715. The minimum atomic E-state index is -0.120. The summed E-state index contributed by atoms with van der Waals surface area (Å²) >= 11 is 0. The molecule has 0 amide bonds. The Labute approximate surface area is 80.1 Å². The molecule has 1 heterocycles. The fourth-order valence-corrected chi connectivity index (χ4v) is 1.64. The van der Waals surface area contributed by atoms with Crippen LogP contribution in [0, 0.1) is 11.3 Å². The fourth-order valence-electron chi connectivity index (χ4n) is 1.64. The second kappa shape index (κ2) is 5.21. The van der Waals surface area contributed by atoms with Crippen molar-refractivity contribution >= 4 is 0 Å². The maximum absolute atomic E-state index is 8.91. The van der Waals surface area contributed by atoms with Gasteiger partial charge in [-0.25, -0.2) is 0 Å². The predicted octanol–water partition coefficient (Wildman–Crippen LogP) is 1.45. The molecule has 1 aliphatic heterocycles. The van der Waals surface area contributed by atoms with Gasteiger partial charge in [0.15, 0.2) is 0 Å². The summed E-state index contributed by atoms with van der Waals surface area (Å²) in [5.74, 6) is 0. The molecule has 1 N–H and O–H groups in total. The standard InChI is InChI=1S/C10H18N2O/c1-3-6-12-9(7-11)10-5-4-8(2)13-10/h8-10,12H,3-6H2,1-2H3. The highest BCUT2D eigenvalue weighted by Gasteiger charge is 2.28. The first-order valence-corrected chi connectivity index (χ1v) is 5.06. The molecular formula is C10H18N2O. The van der Waals surface area contributed by atoms with E-state index in [0.29, 0.717) is 6.10 Å². The number of nitriles is 1. The Morgan fingerprint density at radius 3 is 2.85 bits per heavy atom. The van der Waals surface area contributed by atoms with E-state index in [1.807, 2.05) is 0 Å². The van der Waals surface area contributed by atoms with Crippen LogP contribution in [0.5, 0.6) is 0 Å². The first-order valence-electron chi connectivity index (χ1n) is 5.06. The van der Waals surface area contributed by atoms with Crippen molar-refractivity contribution in [1.82, 2.24) is 5.32 Å². The molecule has 0 radical (unpaired) electrons. The fraction of sp³-hybridized carbons (Fsp3) is 0.900. The minimum Gasteiger partial charge on any atom is -0.373 e. The van der Waals surface area contributed by atoms with Crippen LogP contribution in [0.25, 0.3) is 0 Å². The van der Waals surface area contributed by atoms with E-state index in [-0.39, 0.29) is 12.1 Å². The molecule has 0 spiro atoms. The zero-order valence-electron chi connectivity index (χ0n) is 8.42. The van der Waals surface area contributed by atoms with Gasteiger partial charge in [0.05, 0.1) is 18.3 Å². The molecule has 0 bridgehead atoms. The summed E-state index contributed by atoms with van der Waals surface area (Å²) in [4.78, 5) is 0. The summed E-state index contributed by atoms with van der Waals surface area (Å²) in [6.45, 7) is 5.06. The van der Waals surface area contributed by atoms with Crippen molar-refractivity contribution in [2.24, 2.45) is 0 Å². The molecule has 0 aromatic carbocycles. The van der Waals surface area contributed by atoms with Gasteiger partial charge < -0.3 is 4.74 Å². The Balaban J connectivity index is 2.34. The Kier molecular flexibility index (Phi) is 4.20. The van der Waals surface area contributed by atoms with Crippen molar-refractivity contribution in [3.63, 3.8) is 0 Å². The van der Waals surface area contributed by atoms with Crippen molar-refractivity contribution in [2.45, 2.75) is 51.4 Å². The van der Waals surface area contributed by atoms with Crippen LogP contribution in [0.4, 0.5) is 0 Å². The van der Waals surface area contributed by atoms with Crippen molar-refractivity contribution in [3.8, 4) is 6.07 Å². The van der Waals surface area contributed by atoms with Crippen LogP contribution in [0.15, 0.2) is 0 Å². The molecule has 3 heteroatoms. The molecular weight excluding hydrogens is 164 g/mol. The molecule has 0 aromatic heterocycles. The van der Waals surface area contributed by atoms with Crippen molar-refractivity contribution in [3.05, 3.63) is 0 Å². The molecule has 1 rings (SSSR count). The number of ether oxygens (including phenoxy) is 1. The van der Waals surface area contributed by atoms with Crippen LogP contribution >= 0.6 is 0 Å². The van der Waals surface area contributed by atoms with Gasteiger partial charge in [0.25, 0.3) is 0 Å². The monoisotopic (exact) mass is 182 g/mol. The first kappa shape index (κ1) is 10.5. The second-order valence-corrected chi connectivity index (χ2v) is 3.62. The number of nitrogens with one attached hydrogen (secondary N) is 1. The van der Waals surface area contributed by atoms with Crippen LogP contribution in [0.1, 0.15) is 33.1 Å².